The van der Waals surface area contributed by atoms with Gasteiger partial charge in [0.05, 0.1) is 4.90 Å². The molecule has 0 aliphatic rings. The summed E-state index contributed by atoms with van der Waals surface area (Å²) >= 11 is 0. The Kier molecular flexibility index (Phi) is 4.73. The molecule has 0 saturated carbocycles. The van der Waals surface area contributed by atoms with Crippen LogP contribution in [0.25, 0.3) is 0 Å². The maximum atomic E-state index is 12.7. The first kappa shape index (κ1) is 16.7. The molecule has 0 spiro atoms. The van der Waals surface area contributed by atoms with E-state index in [4.69, 9.17) is 0 Å². The monoisotopic (exact) mass is 317 g/mol. The second-order valence-corrected chi connectivity index (χ2v) is 7.65. The predicted molar refractivity (Wildman–Crippen MR) is 90.6 cm³/mol. The van der Waals surface area contributed by atoms with E-state index in [0.29, 0.717) is 4.90 Å². The topological polar surface area (TPSA) is 46.2 Å². The molecule has 0 fully saturated rings. The molecule has 118 valence electrons. The zero-order chi connectivity index (χ0) is 16.5. The van der Waals surface area contributed by atoms with E-state index >= 15 is 0 Å². The molecule has 1 atom stereocenters. The largest absolute Gasteiger partial charge is 0.241 e. The van der Waals surface area contributed by atoms with Crippen LogP contribution in [0.3, 0.4) is 0 Å². The molecule has 1 N–H and O–H groups in total. The van der Waals surface area contributed by atoms with Crippen molar-refractivity contribution in [1.29, 1.82) is 0 Å². The quantitative estimate of drug-likeness (QED) is 0.928. The normalized spacial score (nSPS) is 13.1. The third kappa shape index (κ3) is 3.57. The second kappa shape index (κ2) is 6.23. The van der Waals surface area contributed by atoms with Crippen LogP contribution in [0.2, 0.25) is 0 Å². The Balaban J connectivity index is 2.36. The molecule has 0 saturated heterocycles. The Bertz CT molecular complexity index is 795. The van der Waals surface area contributed by atoms with Crippen LogP contribution >= 0.6 is 0 Å². The first-order chi connectivity index (χ1) is 10.2. The summed E-state index contributed by atoms with van der Waals surface area (Å²) in [6.07, 6.45) is 0. The lowest BCUT2D eigenvalue weighted by Gasteiger charge is -2.18. The summed E-state index contributed by atoms with van der Waals surface area (Å²) in [6.45, 7) is 9.60. The standard InChI is InChI=1S/C18H23NO2S/c1-12-6-8-14(3)17(10-12)16(5)19-22(20,21)18-11-13(2)7-9-15(18)4/h6-11,16,19H,1-5H3. The number of benzene rings is 2. The zero-order valence-electron chi connectivity index (χ0n) is 13.8. The fourth-order valence-electron chi connectivity index (χ4n) is 2.58. The van der Waals surface area contributed by atoms with Crippen LogP contribution in [0.4, 0.5) is 0 Å². The van der Waals surface area contributed by atoms with Gasteiger partial charge in [0.1, 0.15) is 0 Å². The fourth-order valence-corrected chi connectivity index (χ4v) is 4.14. The molecule has 22 heavy (non-hydrogen) atoms. The van der Waals surface area contributed by atoms with E-state index in [1.165, 1.54) is 0 Å². The van der Waals surface area contributed by atoms with Crippen LogP contribution < -0.4 is 4.72 Å². The van der Waals surface area contributed by atoms with Gasteiger partial charge in [-0.05, 0) is 62.9 Å². The van der Waals surface area contributed by atoms with E-state index in [0.717, 1.165) is 27.8 Å². The molecule has 2 aromatic rings. The Morgan fingerprint density at radius 1 is 0.864 bits per heavy atom. The van der Waals surface area contributed by atoms with E-state index in [2.05, 4.69) is 4.72 Å². The maximum Gasteiger partial charge on any atom is 0.241 e. The summed E-state index contributed by atoms with van der Waals surface area (Å²) in [6, 6.07) is 11.3. The minimum absolute atomic E-state index is 0.273. The molecular formula is C18H23NO2S. The fraction of sp³-hybridized carbons (Fsp3) is 0.333. The SMILES string of the molecule is Cc1ccc(C)c(C(C)NS(=O)(=O)c2cc(C)ccc2C)c1. The van der Waals surface area contributed by atoms with Gasteiger partial charge in [0.2, 0.25) is 10.0 Å². The average Bonchev–Trinajstić information content (AvgIpc) is 2.43. The van der Waals surface area contributed by atoms with Gasteiger partial charge in [-0.25, -0.2) is 13.1 Å². The van der Waals surface area contributed by atoms with Crippen molar-refractivity contribution in [2.24, 2.45) is 0 Å². The average molecular weight is 317 g/mol. The van der Waals surface area contributed by atoms with Crippen molar-refractivity contribution in [3.8, 4) is 0 Å². The van der Waals surface area contributed by atoms with Crippen LogP contribution in [-0.2, 0) is 10.0 Å². The van der Waals surface area contributed by atoms with Gasteiger partial charge in [0, 0.05) is 6.04 Å². The first-order valence-electron chi connectivity index (χ1n) is 7.37. The van der Waals surface area contributed by atoms with Gasteiger partial charge in [-0.15, -0.1) is 0 Å². The van der Waals surface area contributed by atoms with E-state index in [1.807, 2.05) is 65.0 Å². The highest BCUT2D eigenvalue weighted by atomic mass is 32.2. The smallest absolute Gasteiger partial charge is 0.207 e. The number of hydrogen-bond acceptors (Lipinski definition) is 2. The van der Waals surface area contributed by atoms with Gasteiger partial charge in [0.25, 0.3) is 0 Å². The summed E-state index contributed by atoms with van der Waals surface area (Å²) in [5.41, 5.74) is 4.91. The van der Waals surface area contributed by atoms with Gasteiger partial charge in [-0.2, -0.15) is 0 Å². The van der Waals surface area contributed by atoms with Crippen molar-refractivity contribution in [3.05, 3.63) is 64.2 Å². The van der Waals surface area contributed by atoms with Crippen molar-refractivity contribution >= 4 is 10.0 Å². The summed E-state index contributed by atoms with van der Waals surface area (Å²) in [4.78, 5) is 0.352. The van der Waals surface area contributed by atoms with Crippen LogP contribution in [0.15, 0.2) is 41.3 Å². The Morgan fingerprint density at radius 2 is 1.41 bits per heavy atom. The van der Waals surface area contributed by atoms with Crippen LogP contribution in [0.1, 0.15) is 40.8 Å². The lowest BCUT2D eigenvalue weighted by molar-refractivity contribution is 0.565. The summed E-state index contributed by atoms with van der Waals surface area (Å²) < 4.78 is 28.1. The lowest BCUT2D eigenvalue weighted by atomic mass is 10.0. The molecular weight excluding hydrogens is 294 g/mol. The van der Waals surface area contributed by atoms with Gasteiger partial charge >= 0.3 is 0 Å². The minimum Gasteiger partial charge on any atom is -0.207 e. The molecule has 0 radical (unpaired) electrons. The van der Waals surface area contributed by atoms with Gasteiger partial charge in [-0.1, -0.05) is 35.9 Å². The van der Waals surface area contributed by atoms with Crippen LogP contribution in [0, 0.1) is 27.7 Å². The molecule has 0 heterocycles. The number of sulfonamides is 1. The van der Waals surface area contributed by atoms with E-state index in [1.54, 1.807) is 6.07 Å². The van der Waals surface area contributed by atoms with Gasteiger partial charge in [-0.3, -0.25) is 0 Å². The summed E-state index contributed by atoms with van der Waals surface area (Å²) in [5.74, 6) is 0. The van der Waals surface area contributed by atoms with Crippen LogP contribution in [-0.4, -0.2) is 8.42 Å². The predicted octanol–water partition coefficient (Wildman–Crippen LogP) is 3.96. The molecule has 0 bridgehead atoms. The molecule has 0 aromatic heterocycles. The molecule has 3 nitrogen and oxygen atoms in total. The Hall–Kier alpha value is -1.65. The number of aryl methyl sites for hydroxylation is 4. The molecule has 2 rings (SSSR count). The van der Waals surface area contributed by atoms with E-state index in [-0.39, 0.29) is 6.04 Å². The number of rotatable bonds is 4. The van der Waals surface area contributed by atoms with E-state index < -0.39 is 10.0 Å². The number of hydrogen-bond donors (Lipinski definition) is 1. The van der Waals surface area contributed by atoms with Crippen molar-refractivity contribution in [1.82, 2.24) is 4.72 Å². The Labute approximate surface area is 133 Å². The van der Waals surface area contributed by atoms with Gasteiger partial charge in [0.15, 0.2) is 0 Å². The molecule has 0 aliphatic carbocycles. The van der Waals surface area contributed by atoms with Gasteiger partial charge < -0.3 is 0 Å². The third-order valence-electron chi connectivity index (χ3n) is 3.87. The van der Waals surface area contributed by atoms with E-state index in [9.17, 15) is 8.42 Å². The summed E-state index contributed by atoms with van der Waals surface area (Å²) in [5, 5.41) is 0. The minimum atomic E-state index is -3.54. The van der Waals surface area contributed by atoms with Crippen molar-refractivity contribution in [2.45, 2.75) is 45.6 Å². The first-order valence-corrected chi connectivity index (χ1v) is 8.86. The van der Waals surface area contributed by atoms with Crippen molar-refractivity contribution in [2.75, 3.05) is 0 Å². The highest BCUT2D eigenvalue weighted by molar-refractivity contribution is 7.89. The summed E-state index contributed by atoms with van der Waals surface area (Å²) in [7, 11) is -3.54. The molecule has 4 heteroatoms. The second-order valence-electron chi connectivity index (χ2n) is 5.97. The molecule has 1 unspecified atom stereocenters. The number of nitrogens with one attached hydrogen (secondary N) is 1. The molecule has 0 aliphatic heterocycles. The third-order valence-corrected chi connectivity index (χ3v) is 5.55. The van der Waals surface area contributed by atoms with Crippen molar-refractivity contribution < 1.29 is 8.42 Å². The van der Waals surface area contributed by atoms with Crippen LogP contribution in [0.5, 0.6) is 0 Å². The highest BCUT2D eigenvalue weighted by Crippen LogP contribution is 2.23. The lowest BCUT2D eigenvalue weighted by Crippen LogP contribution is -2.28. The maximum absolute atomic E-state index is 12.7. The zero-order valence-corrected chi connectivity index (χ0v) is 14.6. The molecule has 2 aromatic carbocycles. The highest BCUT2D eigenvalue weighted by Gasteiger charge is 2.21. The van der Waals surface area contributed by atoms with Crippen molar-refractivity contribution in [3.63, 3.8) is 0 Å². The Morgan fingerprint density at radius 3 is 2.05 bits per heavy atom. The molecule has 0 amide bonds.